The molecular formula is C18H21FN4O2S. The van der Waals surface area contributed by atoms with E-state index in [4.69, 9.17) is 5.73 Å². The molecule has 1 aromatic carbocycles. The summed E-state index contributed by atoms with van der Waals surface area (Å²) in [4.78, 5) is 28.1. The lowest BCUT2D eigenvalue weighted by Gasteiger charge is -2.38. The van der Waals surface area contributed by atoms with Crippen molar-refractivity contribution in [3.63, 3.8) is 0 Å². The van der Waals surface area contributed by atoms with Gasteiger partial charge in [0.2, 0.25) is 5.91 Å². The van der Waals surface area contributed by atoms with Gasteiger partial charge in [0.15, 0.2) is 0 Å². The number of nitrogens with one attached hydrogen (secondary N) is 1. The Morgan fingerprint density at radius 2 is 1.81 bits per heavy atom. The van der Waals surface area contributed by atoms with Gasteiger partial charge in [0.1, 0.15) is 10.8 Å². The third kappa shape index (κ3) is 4.03. The van der Waals surface area contributed by atoms with Gasteiger partial charge in [0.25, 0.3) is 5.91 Å². The fourth-order valence-electron chi connectivity index (χ4n) is 3.00. The first-order valence-corrected chi connectivity index (χ1v) is 9.26. The average molecular weight is 376 g/mol. The molecule has 1 atom stereocenters. The molecule has 0 spiro atoms. The Morgan fingerprint density at radius 3 is 2.42 bits per heavy atom. The third-order valence-corrected chi connectivity index (χ3v) is 5.43. The molecule has 138 valence electrons. The number of nitrogens with zero attached hydrogens (tertiary/aromatic N) is 2. The van der Waals surface area contributed by atoms with Gasteiger partial charge in [-0.05, 0) is 42.6 Å². The zero-order chi connectivity index (χ0) is 18.7. The van der Waals surface area contributed by atoms with E-state index in [2.05, 4.69) is 15.1 Å². The Labute approximate surface area is 155 Å². The van der Waals surface area contributed by atoms with Gasteiger partial charge in [0.05, 0.1) is 11.6 Å². The molecule has 1 saturated heterocycles. The Hall–Kier alpha value is -2.45. The Bertz CT molecular complexity index is 785. The number of nitrogens with two attached hydrogens (primary N) is 1. The molecule has 8 heteroatoms. The molecule has 0 unspecified atom stereocenters. The minimum Gasteiger partial charge on any atom is -0.369 e. The second kappa shape index (κ2) is 7.84. The van der Waals surface area contributed by atoms with Crippen molar-refractivity contribution in [2.75, 3.05) is 36.4 Å². The van der Waals surface area contributed by atoms with E-state index in [1.165, 1.54) is 23.5 Å². The summed E-state index contributed by atoms with van der Waals surface area (Å²) in [5.41, 5.74) is 6.62. The van der Waals surface area contributed by atoms with Gasteiger partial charge in [-0.2, -0.15) is 0 Å². The van der Waals surface area contributed by atoms with Crippen LogP contribution in [-0.2, 0) is 4.79 Å². The molecule has 1 aromatic heterocycles. The largest absolute Gasteiger partial charge is 0.369 e. The number of amides is 2. The number of piperazine rings is 1. The minimum atomic E-state index is -0.554. The zero-order valence-corrected chi connectivity index (χ0v) is 15.3. The van der Waals surface area contributed by atoms with Gasteiger partial charge in [0, 0.05) is 31.9 Å². The van der Waals surface area contributed by atoms with E-state index in [1.807, 2.05) is 6.92 Å². The first-order chi connectivity index (χ1) is 12.5. The summed E-state index contributed by atoms with van der Waals surface area (Å²) < 4.78 is 13.0. The van der Waals surface area contributed by atoms with Crippen molar-refractivity contribution in [1.82, 2.24) is 4.90 Å². The van der Waals surface area contributed by atoms with Crippen molar-refractivity contribution in [3.8, 4) is 0 Å². The van der Waals surface area contributed by atoms with Gasteiger partial charge in [-0.25, -0.2) is 4.39 Å². The SMILES string of the molecule is C[C@@H](C(=O)Nc1sccc1C(N)=O)N1CCN(c2ccc(F)cc2)CC1. The van der Waals surface area contributed by atoms with Gasteiger partial charge >= 0.3 is 0 Å². The van der Waals surface area contributed by atoms with Crippen LogP contribution in [0.3, 0.4) is 0 Å². The lowest BCUT2D eigenvalue weighted by Crippen LogP contribution is -2.52. The lowest BCUT2D eigenvalue weighted by molar-refractivity contribution is -0.120. The normalized spacial score (nSPS) is 16.3. The number of carbonyl (C=O) groups excluding carboxylic acids is 2. The first-order valence-electron chi connectivity index (χ1n) is 8.38. The van der Waals surface area contributed by atoms with Crippen LogP contribution in [0.25, 0.3) is 0 Å². The van der Waals surface area contributed by atoms with Gasteiger partial charge in [-0.15, -0.1) is 11.3 Å². The molecule has 3 rings (SSSR count). The van der Waals surface area contributed by atoms with Gasteiger partial charge < -0.3 is 16.0 Å². The Morgan fingerprint density at radius 1 is 1.15 bits per heavy atom. The molecule has 0 bridgehead atoms. The monoisotopic (exact) mass is 376 g/mol. The van der Waals surface area contributed by atoms with Crippen molar-refractivity contribution < 1.29 is 14.0 Å². The van der Waals surface area contributed by atoms with Gasteiger partial charge in [-0.3, -0.25) is 14.5 Å². The van der Waals surface area contributed by atoms with Crippen molar-refractivity contribution in [2.24, 2.45) is 5.73 Å². The van der Waals surface area contributed by atoms with Crippen LogP contribution in [0.4, 0.5) is 15.1 Å². The third-order valence-electron chi connectivity index (χ3n) is 4.60. The van der Waals surface area contributed by atoms with Crippen molar-refractivity contribution in [1.29, 1.82) is 0 Å². The predicted molar refractivity (Wildman–Crippen MR) is 101 cm³/mol. The molecule has 0 aliphatic carbocycles. The highest BCUT2D eigenvalue weighted by atomic mass is 32.1. The van der Waals surface area contributed by atoms with Crippen LogP contribution >= 0.6 is 11.3 Å². The molecule has 0 radical (unpaired) electrons. The van der Waals surface area contributed by atoms with Crippen LogP contribution in [0.2, 0.25) is 0 Å². The molecule has 2 heterocycles. The maximum Gasteiger partial charge on any atom is 0.251 e. The summed E-state index contributed by atoms with van der Waals surface area (Å²) in [6.45, 7) is 4.81. The molecule has 0 saturated carbocycles. The Kier molecular flexibility index (Phi) is 5.53. The lowest BCUT2D eigenvalue weighted by atomic mass is 10.2. The van der Waals surface area contributed by atoms with Crippen LogP contribution in [0, 0.1) is 5.82 Å². The minimum absolute atomic E-state index is 0.162. The second-order valence-corrected chi connectivity index (χ2v) is 7.11. The number of benzene rings is 1. The van der Waals surface area contributed by atoms with Gasteiger partial charge in [-0.1, -0.05) is 0 Å². The number of hydrogen-bond donors (Lipinski definition) is 2. The number of primary amides is 1. The highest BCUT2D eigenvalue weighted by Gasteiger charge is 2.26. The molecule has 1 fully saturated rings. The van der Waals surface area contributed by atoms with Crippen LogP contribution in [-0.4, -0.2) is 48.9 Å². The number of halogens is 1. The quantitative estimate of drug-likeness (QED) is 0.838. The molecule has 6 nitrogen and oxygen atoms in total. The average Bonchev–Trinajstić information content (AvgIpc) is 3.10. The van der Waals surface area contributed by atoms with Crippen LogP contribution in [0.15, 0.2) is 35.7 Å². The summed E-state index contributed by atoms with van der Waals surface area (Å²) in [5.74, 6) is -0.964. The maximum absolute atomic E-state index is 13.0. The fourth-order valence-corrected chi connectivity index (χ4v) is 3.80. The highest BCUT2D eigenvalue weighted by Crippen LogP contribution is 2.23. The highest BCUT2D eigenvalue weighted by molar-refractivity contribution is 7.14. The smallest absolute Gasteiger partial charge is 0.251 e. The van der Waals surface area contributed by atoms with Crippen LogP contribution in [0.1, 0.15) is 17.3 Å². The van der Waals surface area contributed by atoms with Crippen molar-refractivity contribution in [3.05, 3.63) is 47.1 Å². The molecular weight excluding hydrogens is 355 g/mol. The van der Waals surface area contributed by atoms with E-state index in [-0.39, 0.29) is 17.8 Å². The molecule has 2 amide bonds. The van der Waals surface area contributed by atoms with E-state index in [0.29, 0.717) is 10.6 Å². The first kappa shape index (κ1) is 18.3. The number of rotatable bonds is 5. The Balaban J connectivity index is 1.56. The number of hydrogen-bond acceptors (Lipinski definition) is 5. The maximum atomic E-state index is 13.0. The van der Waals surface area contributed by atoms with E-state index in [1.54, 1.807) is 23.6 Å². The van der Waals surface area contributed by atoms with Crippen molar-refractivity contribution in [2.45, 2.75) is 13.0 Å². The van der Waals surface area contributed by atoms with Crippen molar-refractivity contribution >= 4 is 33.8 Å². The summed E-state index contributed by atoms with van der Waals surface area (Å²) in [7, 11) is 0. The van der Waals surface area contributed by atoms with Crippen LogP contribution in [0.5, 0.6) is 0 Å². The van der Waals surface area contributed by atoms with E-state index in [9.17, 15) is 14.0 Å². The molecule has 2 aromatic rings. The number of carbonyl (C=O) groups is 2. The summed E-state index contributed by atoms with van der Waals surface area (Å²) in [5, 5.41) is 5.01. The van der Waals surface area contributed by atoms with E-state index in [0.717, 1.165) is 31.9 Å². The predicted octanol–water partition coefficient (Wildman–Crippen LogP) is 2.14. The summed E-state index contributed by atoms with van der Waals surface area (Å²) in [6, 6.07) is 7.72. The molecule has 3 N–H and O–H groups in total. The molecule has 1 aliphatic rings. The summed E-state index contributed by atoms with van der Waals surface area (Å²) >= 11 is 1.28. The standard InChI is InChI=1S/C18H21FN4O2S/c1-12(17(25)21-18-15(16(20)24)6-11-26-18)22-7-9-23(10-8-22)14-4-2-13(19)3-5-14/h2-6,11-12H,7-10H2,1H3,(H2,20,24)(H,21,25)/t12-/m0/s1. The van der Waals surface area contributed by atoms with E-state index >= 15 is 0 Å². The number of anilines is 2. The molecule has 1 aliphatic heterocycles. The van der Waals surface area contributed by atoms with Crippen LogP contribution < -0.4 is 16.0 Å². The fraction of sp³-hybridized carbons (Fsp3) is 0.333. The molecule has 26 heavy (non-hydrogen) atoms. The van der Waals surface area contributed by atoms with E-state index < -0.39 is 5.91 Å². The topological polar surface area (TPSA) is 78.7 Å². The number of thiophene rings is 1. The zero-order valence-electron chi connectivity index (χ0n) is 14.4. The second-order valence-electron chi connectivity index (χ2n) is 6.19. The summed E-state index contributed by atoms with van der Waals surface area (Å²) in [6.07, 6.45) is 0.